The van der Waals surface area contributed by atoms with Crippen molar-refractivity contribution in [2.45, 2.75) is 12.5 Å². The minimum atomic E-state index is -0.580. The molecule has 0 rings (SSSR count). The highest BCUT2D eigenvalue weighted by Crippen LogP contribution is 1.93. The third-order valence-electron chi connectivity index (χ3n) is 1.56. The third-order valence-corrected chi connectivity index (χ3v) is 1.56. The molecule has 0 saturated carbocycles. The molecule has 0 spiro atoms. The number of esters is 1. The average Bonchev–Trinajstić information content (AvgIpc) is 2.16. The number of hydrogen-bond donors (Lipinski definition) is 3. The molecule has 0 aromatic rings. The van der Waals surface area contributed by atoms with Gasteiger partial charge < -0.3 is 20.5 Å². The molecule has 6 heteroatoms. The Morgan fingerprint density at radius 1 is 1.50 bits per heavy atom. The van der Waals surface area contributed by atoms with Crippen molar-refractivity contribution in [2.24, 2.45) is 0 Å². The Bertz CT molecular complexity index is 196. The van der Waals surface area contributed by atoms with Crippen LogP contribution in [0.1, 0.15) is 6.42 Å². The summed E-state index contributed by atoms with van der Waals surface area (Å²) >= 11 is 0. The molecule has 1 amide bonds. The van der Waals surface area contributed by atoms with Crippen molar-refractivity contribution in [1.82, 2.24) is 10.6 Å². The van der Waals surface area contributed by atoms with Gasteiger partial charge in [-0.3, -0.25) is 9.59 Å². The van der Waals surface area contributed by atoms with Crippen molar-refractivity contribution in [3.8, 4) is 0 Å². The molecular weight excluding hydrogens is 188 g/mol. The number of likely N-dealkylation sites (N-methyl/N-ethyl adjacent to an activating group) is 1. The lowest BCUT2D eigenvalue weighted by Crippen LogP contribution is -2.42. The molecule has 0 fully saturated rings. The first-order valence-corrected chi connectivity index (χ1v) is 4.25. The topological polar surface area (TPSA) is 87.7 Å². The van der Waals surface area contributed by atoms with E-state index in [1.54, 1.807) is 7.05 Å². The molecule has 1 atom stereocenters. The van der Waals surface area contributed by atoms with Crippen molar-refractivity contribution < 1.29 is 19.4 Å². The fraction of sp³-hybridized carbons (Fsp3) is 0.750. The summed E-state index contributed by atoms with van der Waals surface area (Å²) in [4.78, 5) is 21.9. The molecule has 0 saturated heterocycles. The van der Waals surface area contributed by atoms with Gasteiger partial charge in [0.25, 0.3) is 0 Å². The molecule has 0 aromatic carbocycles. The molecule has 0 aliphatic heterocycles. The summed E-state index contributed by atoms with van der Waals surface area (Å²) < 4.78 is 4.41. The van der Waals surface area contributed by atoms with Crippen LogP contribution < -0.4 is 10.6 Å². The van der Waals surface area contributed by atoms with E-state index in [0.29, 0.717) is 0 Å². The SMILES string of the molecule is CNCC(=O)NC(CO)CC(=O)OC. The van der Waals surface area contributed by atoms with Crippen molar-refractivity contribution in [1.29, 1.82) is 0 Å². The Hall–Kier alpha value is -1.14. The second-order valence-electron chi connectivity index (χ2n) is 2.76. The van der Waals surface area contributed by atoms with Crippen LogP contribution in [0, 0.1) is 0 Å². The zero-order valence-electron chi connectivity index (χ0n) is 8.37. The smallest absolute Gasteiger partial charge is 0.307 e. The zero-order chi connectivity index (χ0) is 11.0. The molecule has 0 aliphatic rings. The number of carbonyl (C=O) groups is 2. The number of aliphatic hydroxyl groups excluding tert-OH is 1. The van der Waals surface area contributed by atoms with Crippen LogP contribution in [0.25, 0.3) is 0 Å². The quantitative estimate of drug-likeness (QED) is 0.446. The highest BCUT2D eigenvalue weighted by molar-refractivity contribution is 5.79. The predicted molar refractivity (Wildman–Crippen MR) is 49.6 cm³/mol. The Morgan fingerprint density at radius 2 is 2.14 bits per heavy atom. The molecule has 0 bridgehead atoms. The van der Waals surface area contributed by atoms with Gasteiger partial charge in [0.1, 0.15) is 0 Å². The third kappa shape index (κ3) is 5.50. The molecule has 0 aromatic heterocycles. The van der Waals surface area contributed by atoms with E-state index in [2.05, 4.69) is 15.4 Å². The van der Waals surface area contributed by atoms with Crippen LogP contribution in [-0.2, 0) is 14.3 Å². The predicted octanol–water partition coefficient (Wildman–Crippen LogP) is -1.75. The van der Waals surface area contributed by atoms with Crippen molar-refractivity contribution in [2.75, 3.05) is 27.3 Å². The van der Waals surface area contributed by atoms with Crippen LogP contribution in [0.15, 0.2) is 0 Å². The Morgan fingerprint density at radius 3 is 2.57 bits per heavy atom. The molecule has 1 unspecified atom stereocenters. The molecule has 82 valence electrons. The normalized spacial score (nSPS) is 11.9. The van der Waals surface area contributed by atoms with Crippen LogP contribution in [0.3, 0.4) is 0 Å². The number of hydrogen-bond acceptors (Lipinski definition) is 5. The van der Waals surface area contributed by atoms with Crippen LogP contribution in [0.4, 0.5) is 0 Å². The monoisotopic (exact) mass is 204 g/mol. The molecule has 0 aliphatic carbocycles. The summed E-state index contributed by atoms with van der Waals surface area (Å²) in [5.41, 5.74) is 0. The number of ether oxygens (including phenoxy) is 1. The van der Waals surface area contributed by atoms with Gasteiger partial charge in [0, 0.05) is 0 Å². The van der Waals surface area contributed by atoms with Gasteiger partial charge in [-0.1, -0.05) is 0 Å². The molecule has 0 heterocycles. The fourth-order valence-electron chi connectivity index (χ4n) is 0.885. The minimum absolute atomic E-state index is 0.0253. The summed E-state index contributed by atoms with van der Waals surface area (Å²) in [6.45, 7) is -0.137. The maximum absolute atomic E-state index is 11.0. The minimum Gasteiger partial charge on any atom is -0.469 e. The number of nitrogens with one attached hydrogen (secondary N) is 2. The van der Waals surface area contributed by atoms with E-state index in [9.17, 15) is 9.59 Å². The van der Waals surface area contributed by atoms with Gasteiger partial charge >= 0.3 is 5.97 Å². The van der Waals surface area contributed by atoms with Crippen molar-refractivity contribution in [3.05, 3.63) is 0 Å². The van der Waals surface area contributed by atoms with Crippen LogP contribution >= 0.6 is 0 Å². The number of amides is 1. The Balaban J connectivity index is 3.89. The highest BCUT2D eigenvalue weighted by atomic mass is 16.5. The maximum atomic E-state index is 11.0. The van der Waals surface area contributed by atoms with E-state index < -0.39 is 12.0 Å². The second kappa shape index (κ2) is 7.28. The lowest BCUT2D eigenvalue weighted by Gasteiger charge is -2.14. The fourth-order valence-corrected chi connectivity index (χ4v) is 0.885. The second-order valence-corrected chi connectivity index (χ2v) is 2.76. The van der Waals surface area contributed by atoms with Crippen molar-refractivity contribution in [3.63, 3.8) is 0 Å². The zero-order valence-corrected chi connectivity index (χ0v) is 8.37. The van der Waals surface area contributed by atoms with E-state index in [1.807, 2.05) is 0 Å². The van der Waals surface area contributed by atoms with Gasteiger partial charge in [-0.05, 0) is 7.05 Å². The van der Waals surface area contributed by atoms with Crippen LogP contribution in [0.2, 0.25) is 0 Å². The van der Waals surface area contributed by atoms with Crippen molar-refractivity contribution >= 4 is 11.9 Å². The van der Waals surface area contributed by atoms with E-state index in [1.165, 1.54) is 7.11 Å². The molecule has 14 heavy (non-hydrogen) atoms. The number of methoxy groups -OCH3 is 1. The van der Waals surface area contributed by atoms with Crippen LogP contribution in [-0.4, -0.2) is 50.3 Å². The standard InChI is InChI=1S/C8H16N2O4/c1-9-4-7(12)10-6(5-11)3-8(13)14-2/h6,9,11H,3-5H2,1-2H3,(H,10,12). The largest absolute Gasteiger partial charge is 0.469 e. The molecule has 3 N–H and O–H groups in total. The number of carbonyl (C=O) groups excluding carboxylic acids is 2. The van der Waals surface area contributed by atoms with E-state index in [-0.39, 0.29) is 25.5 Å². The van der Waals surface area contributed by atoms with E-state index >= 15 is 0 Å². The lowest BCUT2D eigenvalue weighted by molar-refractivity contribution is -0.141. The first kappa shape index (κ1) is 12.9. The Kier molecular flexibility index (Phi) is 6.69. The highest BCUT2D eigenvalue weighted by Gasteiger charge is 2.15. The summed E-state index contributed by atoms with van der Waals surface area (Å²) in [6.07, 6.45) is -0.0253. The maximum Gasteiger partial charge on any atom is 0.307 e. The summed E-state index contributed by atoms with van der Waals surface area (Å²) in [5.74, 6) is -0.732. The van der Waals surface area contributed by atoms with Gasteiger partial charge in [-0.2, -0.15) is 0 Å². The summed E-state index contributed by atoms with van der Waals surface area (Å²) in [5, 5.41) is 14.0. The van der Waals surface area contributed by atoms with Gasteiger partial charge in [0.2, 0.25) is 5.91 Å². The Labute approximate surface area is 82.6 Å². The first-order chi connectivity index (χ1) is 6.63. The number of aliphatic hydroxyl groups is 1. The molecule has 6 nitrogen and oxygen atoms in total. The van der Waals surface area contributed by atoms with Gasteiger partial charge in [0.05, 0.1) is 32.7 Å². The first-order valence-electron chi connectivity index (χ1n) is 4.25. The summed E-state index contributed by atoms with van der Waals surface area (Å²) in [6, 6.07) is -0.580. The molecular formula is C8H16N2O4. The van der Waals surface area contributed by atoms with Gasteiger partial charge in [-0.25, -0.2) is 0 Å². The van der Waals surface area contributed by atoms with Gasteiger partial charge in [0.15, 0.2) is 0 Å². The van der Waals surface area contributed by atoms with E-state index in [4.69, 9.17) is 5.11 Å². The van der Waals surface area contributed by atoms with Gasteiger partial charge in [-0.15, -0.1) is 0 Å². The number of rotatable bonds is 6. The average molecular weight is 204 g/mol. The van der Waals surface area contributed by atoms with Crippen LogP contribution in [0.5, 0.6) is 0 Å². The summed E-state index contributed by atoms with van der Waals surface area (Å²) in [7, 11) is 2.89. The lowest BCUT2D eigenvalue weighted by atomic mass is 10.2. The molecule has 0 radical (unpaired) electrons. The van der Waals surface area contributed by atoms with E-state index in [0.717, 1.165) is 0 Å².